The maximum absolute atomic E-state index is 12.8. The van der Waals surface area contributed by atoms with Gasteiger partial charge in [-0.25, -0.2) is 9.78 Å². The van der Waals surface area contributed by atoms with Gasteiger partial charge in [-0.05, 0) is 44.4 Å². The summed E-state index contributed by atoms with van der Waals surface area (Å²) in [5.74, 6) is -0.303. The Balaban J connectivity index is 1.77. The number of amides is 3. The zero-order chi connectivity index (χ0) is 21.7. The van der Waals surface area contributed by atoms with Crippen molar-refractivity contribution in [1.82, 2.24) is 19.6 Å². The molecule has 0 unspecified atom stereocenters. The molecule has 156 valence electrons. The van der Waals surface area contributed by atoms with Crippen LogP contribution in [0.15, 0.2) is 53.6 Å². The molecule has 2 aromatic heterocycles. The van der Waals surface area contributed by atoms with Gasteiger partial charge in [0, 0.05) is 30.0 Å². The van der Waals surface area contributed by atoms with Gasteiger partial charge in [-0.3, -0.25) is 14.0 Å². The number of benzene rings is 1. The number of aromatic nitrogens is 2. The predicted molar refractivity (Wildman–Crippen MR) is 116 cm³/mol. The first-order valence-corrected chi connectivity index (χ1v) is 9.49. The minimum Gasteiger partial charge on any atom is -0.351 e. The molecule has 10 heteroatoms. The van der Waals surface area contributed by atoms with Crippen molar-refractivity contribution in [3.05, 3.63) is 69.7 Å². The van der Waals surface area contributed by atoms with Gasteiger partial charge in [0.05, 0.1) is 11.8 Å². The number of fused-ring (bicyclic) bond motifs is 1. The number of likely N-dealkylation sites (N-methyl/N-ethyl adjacent to an activating group) is 1. The van der Waals surface area contributed by atoms with Gasteiger partial charge in [0.2, 0.25) is 0 Å². The zero-order valence-electron chi connectivity index (χ0n) is 16.5. The van der Waals surface area contributed by atoms with Gasteiger partial charge < -0.3 is 20.9 Å². The molecule has 0 aliphatic carbocycles. The minimum absolute atomic E-state index is 0.0304. The molecule has 1 aromatic carbocycles. The lowest BCUT2D eigenvalue weighted by Gasteiger charge is -2.11. The van der Waals surface area contributed by atoms with Gasteiger partial charge in [0.25, 0.3) is 11.5 Å². The number of anilines is 2. The monoisotopic (exact) mass is 428 g/mol. The van der Waals surface area contributed by atoms with Crippen LogP contribution < -0.4 is 21.5 Å². The molecular weight excluding hydrogens is 408 g/mol. The molecule has 0 radical (unpaired) electrons. The van der Waals surface area contributed by atoms with Crippen LogP contribution in [-0.2, 0) is 0 Å². The van der Waals surface area contributed by atoms with E-state index in [0.717, 1.165) is 0 Å². The predicted octanol–water partition coefficient (Wildman–Crippen LogP) is 2.28. The summed E-state index contributed by atoms with van der Waals surface area (Å²) in [7, 11) is 3.81. The average molecular weight is 429 g/mol. The summed E-state index contributed by atoms with van der Waals surface area (Å²) in [6.45, 7) is 1.17. The fourth-order valence-electron chi connectivity index (χ4n) is 2.64. The van der Waals surface area contributed by atoms with E-state index in [0.29, 0.717) is 35.0 Å². The SMILES string of the molecule is CN(C)CCNC(=O)c1ccc2ncc(NC(=O)Nc3cccc(Cl)c3)c(=O)n2c1. The molecule has 3 rings (SSSR count). The number of pyridine rings is 1. The fourth-order valence-corrected chi connectivity index (χ4v) is 2.83. The summed E-state index contributed by atoms with van der Waals surface area (Å²) in [6.07, 6.45) is 2.67. The van der Waals surface area contributed by atoms with Crippen molar-refractivity contribution in [3.63, 3.8) is 0 Å². The van der Waals surface area contributed by atoms with Crippen molar-refractivity contribution in [2.75, 3.05) is 37.8 Å². The van der Waals surface area contributed by atoms with Gasteiger partial charge in [0.1, 0.15) is 11.3 Å². The van der Waals surface area contributed by atoms with Crippen molar-refractivity contribution in [2.45, 2.75) is 0 Å². The molecule has 0 saturated heterocycles. The second kappa shape index (κ2) is 9.38. The Morgan fingerprint density at radius 2 is 1.97 bits per heavy atom. The van der Waals surface area contributed by atoms with E-state index >= 15 is 0 Å². The van der Waals surface area contributed by atoms with E-state index in [1.165, 1.54) is 16.8 Å². The summed E-state index contributed by atoms with van der Waals surface area (Å²) in [5.41, 5.74) is 0.600. The number of carbonyl (C=O) groups is 2. The van der Waals surface area contributed by atoms with Crippen molar-refractivity contribution < 1.29 is 9.59 Å². The molecule has 0 bridgehead atoms. The molecule has 0 spiro atoms. The summed E-state index contributed by atoms with van der Waals surface area (Å²) >= 11 is 5.90. The van der Waals surface area contributed by atoms with E-state index in [2.05, 4.69) is 20.9 Å². The Labute approximate surface area is 177 Å². The number of urea groups is 1. The van der Waals surface area contributed by atoms with Gasteiger partial charge in [-0.1, -0.05) is 17.7 Å². The molecule has 30 heavy (non-hydrogen) atoms. The largest absolute Gasteiger partial charge is 0.351 e. The third-order valence-corrected chi connectivity index (χ3v) is 4.37. The van der Waals surface area contributed by atoms with Crippen LogP contribution in [0.1, 0.15) is 10.4 Å². The second-order valence-corrected chi connectivity index (χ2v) is 7.21. The van der Waals surface area contributed by atoms with E-state index in [4.69, 9.17) is 11.6 Å². The number of nitrogens with one attached hydrogen (secondary N) is 3. The maximum atomic E-state index is 12.8. The maximum Gasteiger partial charge on any atom is 0.323 e. The van der Waals surface area contributed by atoms with Crippen molar-refractivity contribution in [1.29, 1.82) is 0 Å². The van der Waals surface area contributed by atoms with Gasteiger partial charge in [-0.15, -0.1) is 0 Å². The number of rotatable bonds is 6. The van der Waals surface area contributed by atoms with E-state index < -0.39 is 11.6 Å². The molecule has 0 aliphatic heterocycles. The minimum atomic E-state index is -0.617. The first-order chi connectivity index (χ1) is 14.3. The zero-order valence-corrected chi connectivity index (χ0v) is 17.2. The van der Waals surface area contributed by atoms with E-state index in [1.807, 2.05) is 19.0 Å². The van der Waals surface area contributed by atoms with Gasteiger partial charge in [-0.2, -0.15) is 0 Å². The molecule has 0 fully saturated rings. The summed E-state index contributed by atoms with van der Waals surface area (Å²) in [5, 5.41) is 8.32. The Morgan fingerprint density at radius 1 is 1.17 bits per heavy atom. The Morgan fingerprint density at radius 3 is 2.70 bits per heavy atom. The molecule has 0 aliphatic rings. The Hall–Kier alpha value is -3.43. The highest BCUT2D eigenvalue weighted by atomic mass is 35.5. The first kappa shape index (κ1) is 21.3. The molecule has 3 aromatic rings. The van der Waals surface area contributed by atoms with Crippen molar-refractivity contribution >= 4 is 40.6 Å². The van der Waals surface area contributed by atoms with Crippen LogP contribution in [0.4, 0.5) is 16.2 Å². The highest BCUT2D eigenvalue weighted by molar-refractivity contribution is 6.30. The Kier molecular flexibility index (Phi) is 6.65. The van der Waals surface area contributed by atoms with Gasteiger partial charge in [0.15, 0.2) is 0 Å². The lowest BCUT2D eigenvalue weighted by atomic mass is 10.2. The number of hydrogen-bond acceptors (Lipinski definition) is 5. The van der Waals surface area contributed by atoms with E-state index in [1.54, 1.807) is 36.4 Å². The Bertz CT molecular complexity index is 1140. The number of hydrogen-bond donors (Lipinski definition) is 3. The standard InChI is InChI=1S/C20H21ClN6O3/c1-26(2)9-8-22-18(28)13-6-7-17-23-11-16(19(29)27(17)12-13)25-20(30)24-15-5-3-4-14(21)10-15/h3-7,10-12H,8-9H2,1-2H3,(H,22,28)(H2,24,25,30). The smallest absolute Gasteiger partial charge is 0.323 e. The fraction of sp³-hybridized carbons (Fsp3) is 0.200. The second-order valence-electron chi connectivity index (χ2n) is 6.77. The topological polar surface area (TPSA) is 108 Å². The molecular formula is C20H21ClN6O3. The molecule has 3 N–H and O–H groups in total. The number of halogens is 1. The lowest BCUT2D eigenvalue weighted by molar-refractivity contribution is 0.0950. The van der Waals surface area contributed by atoms with Crippen LogP contribution in [-0.4, -0.2) is 53.4 Å². The number of carbonyl (C=O) groups excluding carboxylic acids is 2. The van der Waals surface area contributed by atoms with Crippen LogP contribution in [0.3, 0.4) is 0 Å². The van der Waals surface area contributed by atoms with E-state index in [-0.39, 0.29) is 11.6 Å². The van der Waals surface area contributed by atoms with Crippen LogP contribution in [0, 0.1) is 0 Å². The van der Waals surface area contributed by atoms with Crippen LogP contribution in [0.25, 0.3) is 5.65 Å². The highest BCUT2D eigenvalue weighted by Gasteiger charge is 2.12. The molecule has 9 nitrogen and oxygen atoms in total. The quantitative estimate of drug-likeness (QED) is 0.558. The summed E-state index contributed by atoms with van der Waals surface area (Å²) in [4.78, 5) is 43.4. The average Bonchev–Trinajstić information content (AvgIpc) is 2.69. The highest BCUT2D eigenvalue weighted by Crippen LogP contribution is 2.15. The van der Waals surface area contributed by atoms with Crippen LogP contribution >= 0.6 is 11.6 Å². The first-order valence-electron chi connectivity index (χ1n) is 9.11. The molecule has 0 saturated carbocycles. The van der Waals surface area contributed by atoms with Crippen LogP contribution in [0.2, 0.25) is 5.02 Å². The summed E-state index contributed by atoms with van der Waals surface area (Å²) in [6, 6.07) is 9.15. The molecule has 3 amide bonds. The molecule has 2 heterocycles. The third kappa shape index (κ3) is 5.34. The van der Waals surface area contributed by atoms with Crippen molar-refractivity contribution in [3.8, 4) is 0 Å². The van der Waals surface area contributed by atoms with Crippen LogP contribution in [0.5, 0.6) is 0 Å². The third-order valence-electron chi connectivity index (χ3n) is 4.14. The normalized spacial score (nSPS) is 10.8. The number of nitrogens with zero attached hydrogens (tertiary/aromatic N) is 3. The molecule has 0 atom stereocenters. The lowest BCUT2D eigenvalue weighted by Crippen LogP contribution is -2.32. The summed E-state index contributed by atoms with van der Waals surface area (Å²) < 4.78 is 1.22. The van der Waals surface area contributed by atoms with Crippen molar-refractivity contribution in [2.24, 2.45) is 0 Å². The van der Waals surface area contributed by atoms with Gasteiger partial charge >= 0.3 is 6.03 Å². The van der Waals surface area contributed by atoms with E-state index in [9.17, 15) is 14.4 Å².